The van der Waals surface area contributed by atoms with Crippen LogP contribution in [0.4, 0.5) is 0 Å². The zero-order valence-corrected chi connectivity index (χ0v) is 13.7. The molecule has 0 aromatic heterocycles. The van der Waals surface area contributed by atoms with E-state index in [0.29, 0.717) is 11.4 Å². The third-order valence-corrected chi connectivity index (χ3v) is 5.67. The van der Waals surface area contributed by atoms with Crippen LogP contribution in [0.1, 0.15) is 51.7 Å². The van der Waals surface area contributed by atoms with Crippen molar-refractivity contribution in [2.24, 2.45) is 5.73 Å². The topological polar surface area (TPSA) is 72.2 Å². The van der Waals surface area contributed by atoms with Gasteiger partial charge >= 0.3 is 0 Å². The molecule has 0 saturated heterocycles. The van der Waals surface area contributed by atoms with Crippen LogP contribution < -0.4 is 10.5 Å². The molecule has 1 aromatic rings. The van der Waals surface area contributed by atoms with Crippen LogP contribution in [0.2, 0.25) is 0 Å². The first kappa shape index (κ1) is 17.1. The monoisotopic (exact) mass is 298 g/mol. The van der Waals surface area contributed by atoms with Crippen molar-refractivity contribution in [1.29, 1.82) is 0 Å². The van der Waals surface area contributed by atoms with E-state index >= 15 is 0 Å². The molecule has 0 saturated carbocycles. The predicted molar refractivity (Wildman–Crippen MR) is 83.0 cm³/mol. The first-order chi connectivity index (χ1) is 9.31. The van der Waals surface area contributed by atoms with Gasteiger partial charge in [-0.05, 0) is 49.4 Å². The van der Waals surface area contributed by atoms with Crippen LogP contribution in [-0.4, -0.2) is 14.0 Å². The van der Waals surface area contributed by atoms with Gasteiger partial charge in [-0.15, -0.1) is 0 Å². The summed E-state index contributed by atoms with van der Waals surface area (Å²) in [5, 5.41) is 0. The summed E-state index contributed by atoms with van der Waals surface area (Å²) < 4.78 is 27.8. The summed E-state index contributed by atoms with van der Waals surface area (Å²) in [6.45, 7) is 8.28. The van der Waals surface area contributed by atoms with Crippen LogP contribution in [0.3, 0.4) is 0 Å². The number of nitrogens with one attached hydrogen (secondary N) is 1. The van der Waals surface area contributed by atoms with Crippen molar-refractivity contribution in [2.45, 2.75) is 63.9 Å². The summed E-state index contributed by atoms with van der Waals surface area (Å²) >= 11 is 0. The van der Waals surface area contributed by atoms with Crippen LogP contribution in [0.15, 0.2) is 23.1 Å². The second-order valence-corrected chi connectivity index (χ2v) is 7.04. The summed E-state index contributed by atoms with van der Waals surface area (Å²) in [6, 6.07) is 5.20. The van der Waals surface area contributed by atoms with Crippen molar-refractivity contribution >= 4 is 10.0 Å². The summed E-state index contributed by atoms with van der Waals surface area (Å²) in [6.07, 6.45) is 2.35. The molecule has 4 nitrogen and oxygen atoms in total. The average molecular weight is 298 g/mol. The molecule has 0 aliphatic rings. The van der Waals surface area contributed by atoms with Gasteiger partial charge in [-0.2, -0.15) is 0 Å². The maximum atomic E-state index is 12.5. The molecule has 5 heteroatoms. The molecule has 1 aromatic carbocycles. The van der Waals surface area contributed by atoms with Gasteiger partial charge in [0, 0.05) is 12.1 Å². The zero-order valence-electron chi connectivity index (χ0n) is 12.9. The molecule has 0 bridgehead atoms. The fraction of sp³-hybridized carbons (Fsp3) is 0.600. The number of hydrogen-bond donors (Lipinski definition) is 2. The van der Waals surface area contributed by atoms with Crippen molar-refractivity contribution in [3.63, 3.8) is 0 Å². The Labute approximate surface area is 122 Å². The second kappa shape index (κ2) is 6.70. The van der Waals surface area contributed by atoms with Gasteiger partial charge in [0.25, 0.3) is 0 Å². The van der Waals surface area contributed by atoms with Crippen molar-refractivity contribution in [1.82, 2.24) is 4.72 Å². The van der Waals surface area contributed by atoms with Gasteiger partial charge in [0.2, 0.25) is 10.0 Å². The first-order valence-corrected chi connectivity index (χ1v) is 8.66. The van der Waals surface area contributed by atoms with E-state index in [9.17, 15) is 8.42 Å². The number of aryl methyl sites for hydroxylation is 1. The lowest BCUT2D eigenvalue weighted by atomic mass is 9.98. The number of nitrogens with two attached hydrogens (primary N) is 1. The van der Waals surface area contributed by atoms with Gasteiger partial charge in [-0.25, -0.2) is 13.1 Å². The third kappa shape index (κ3) is 3.81. The Morgan fingerprint density at radius 2 is 1.75 bits per heavy atom. The fourth-order valence-electron chi connectivity index (χ4n) is 2.08. The molecule has 0 amide bonds. The van der Waals surface area contributed by atoms with Gasteiger partial charge < -0.3 is 5.73 Å². The smallest absolute Gasteiger partial charge is 0.241 e. The van der Waals surface area contributed by atoms with E-state index < -0.39 is 15.6 Å². The van der Waals surface area contributed by atoms with Crippen molar-refractivity contribution < 1.29 is 8.42 Å². The normalized spacial score (nSPS) is 12.7. The maximum Gasteiger partial charge on any atom is 0.241 e. The minimum atomic E-state index is -3.51. The van der Waals surface area contributed by atoms with Crippen LogP contribution in [0, 0.1) is 0 Å². The molecular formula is C15H26N2O2S. The third-order valence-electron chi connectivity index (χ3n) is 4.03. The molecule has 0 unspecified atom stereocenters. The lowest BCUT2D eigenvalue weighted by Gasteiger charge is -2.28. The Balaban J connectivity index is 3.16. The highest BCUT2D eigenvalue weighted by atomic mass is 32.2. The number of benzene rings is 1. The average Bonchev–Trinajstić information content (AvgIpc) is 2.45. The standard InChI is InChI=1S/C15H26N2O2S/c1-5-12-8-9-14(10-13(12)11-16)20(18,19)17-15(4,6-2)7-3/h8-10,17H,5-7,11,16H2,1-4H3. The highest BCUT2D eigenvalue weighted by Crippen LogP contribution is 2.21. The zero-order chi connectivity index (χ0) is 15.4. The van der Waals surface area contributed by atoms with Gasteiger partial charge in [0.1, 0.15) is 0 Å². The number of sulfonamides is 1. The SMILES string of the molecule is CCc1ccc(S(=O)(=O)NC(C)(CC)CC)cc1CN. The predicted octanol–water partition coefficient (Wildman–Crippen LogP) is 2.56. The summed E-state index contributed by atoms with van der Waals surface area (Å²) in [5.41, 5.74) is 7.28. The molecule has 0 heterocycles. The molecular weight excluding hydrogens is 272 g/mol. The van der Waals surface area contributed by atoms with Gasteiger partial charge in [-0.3, -0.25) is 0 Å². The summed E-state index contributed by atoms with van der Waals surface area (Å²) in [7, 11) is -3.51. The molecule has 0 aliphatic carbocycles. The van der Waals surface area contributed by atoms with Gasteiger partial charge in [0.05, 0.1) is 4.90 Å². The molecule has 0 atom stereocenters. The molecule has 0 spiro atoms. The van der Waals surface area contributed by atoms with Gasteiger partial charge in [0.15, 0.2) is 0 Å². The molecule has 0 radical (unpaired) electrons. The van der Waals surface area contributed by atoms with E-state index in [4.69, 9.17) is 5.73 Å². The summed E-state index contributed by atoms with van der Waals surface area (Å²) in [4.78, 5) is 0.295. The Kier molecular flexibility index (Phi) is 5.74. The first-order valence-electron chi connectivity index (χ1n) is 7.17. The minimum Gasteiger partial charge on any atom is -0.326 e. The molecule has 1 rings (SSSR count). The van der Waals surface area contributed by atoms with Crippen LogP contribution in [0.25, 0.3) is 0 Å². The lowest BCUT2D eigenvalue weighted by Crippen LogP contribution is -2.44. The molecule has 20 heavy (non-hydrogen) atoms. The summed E-state index contributed by atoms with van der Waals surface area (Å²) in [5.74, 6) is 0. The van der Waals surface area contributed by atoms with E-state index in [1.807, 2.05) is 33.8 Å². The van der Waals surface area contributed by atoms with Crippen molar-refractivity contribution in [2.75, 3.05) is 0 Å². The van der Waals surface area contributed by atoms with Gasteiger partial charge in [-0.1, -0.05) is 26.8 Å². The number of hydrogen-bond acceptors (Lipinski definition) is 3. The Bertz CT molecular complexity index is 549. The minimum absolute atomic E-state index is 0.295. The van der Waals surface area contributed by atoms with Crippen LogP contribution in [0.5, 0.6) is 0 Å². The highest BCUT2D eigenvalue weighted by Gasteiger charge is 2.27. The molecule has 0 aliphatic heterocycles. The fourth-order valence-corrected chi connectivity index (χ4v) is 3.68. The van der Waals surface area contributed by atoms with E-state index in [1.54, 1.807) is 12.1 Å². The van der Waals surface area contributed by atoms with Crippen LogP contribution in [-0.2, 0) is 23.0 Å². The van der Waals surface area contributed by atoms with E-state index in [0.717, 1.165) is 30.4 Å². The van der Waals surface area contributed by atoms with Crippen LogP contribution >= 0.6 is 0 Å². The second-order valence-electron chi connectivity index (χ2n) is 5.36. The maximum absolute atomic E-state index is 12.5. The molecule has 3 N–H and O–H groups in total. The highest BCUT2D eigenvalue weighted by molar-refractivity contribution is 7.89. The van der Waals surface area contributed by atoms with E-state index in [1.165, 1.54) is 0 Å². The van der Waals surface area contributed by atoms with Crippen molar-refractivity contribution in [3.05, 3.63) is 29.3 Å². The molecule has 0 fully saturated rings. The van der Waals surface area contributed by atoms with Crippen molar-refractivity contribution in [3.8, 4) is 0 Å². The Morgan fingerprint density at radius 3 is 2.20 bits per heavy atom. The molecule has 114 valence electrons. The Morgan fingerprint density at radius 1 is 1.15 bits per heavy atom. The largest absolute Gasteiger partial charge is 0.326 e. The number of rotatable bonds is 7. The van der Waals surface area contributed by atoms with E-state index in [-0.39, 0.29) is 0 Å². The Hall–Kier alpha value is -0.910. The van der Waals surface area contributed by atoms with E-state index in [2.05, 4.69) is 4.72 Å². The lowest BCUT2D eigenvalue weighted by molar-refractivity contribution is 0.388. The quantitative estimate of drug-likeness (QED) is 0.812.